The van der Waals surface area contributed by atoms with Crippen molar-refractivity contribution in [2.24, 2.45) is 0 Å². The standard InChI is InChI=1S/C15H13NO2S/c1-10-5-3-4-6-11(10)12(9-16)14(17)15-13(18-2)7-8-19-15/h3-8,12H,1-2H3. The molecule has 4 heteroatoms. The molecule has 3 nitrogen and oxygen atoms in total. The van der Waals surface area contributed by atoms with Crippen LogP contribution in [0.4, 0.5) is 0 Å². The van der Waals surface area contributed by atoms with E-state index in [-0.39, 0.29) is 5.78 Å². The number of hydrogen-bond donors (Lipinski definition) is 0. The van der Waals surface area contributed by atoms with Gasteiger partial charge in [-0.3, -0.25) is 4.79 Å². The molecule has 96 valence electrons. The average Bonchev–Trinajstić information content (AvgIpc) is 2.89. The fourth-order valence-electron chi connectivity index (χ4n) is 1.95. The second-order valence-corrected chi connectivity index (χ2v) is 5.02. The van der Waals surface area contributed by atoms with Crippen molar-refractivity contribution in [1.29, 1.82) is 5.26 Å². The normalized spacial score (nSPS) is 11.6. The van der Waals surface area contributed by atoms with E-state index in [1.165, 1.54) is 18.4 Å². The summed E-state index contributed by atoms with van der Waals surface area (Å²) in [7, 11) is 1.52. The third-order valence-electron chi connectivity index (χ3n) is 2.96. The fraction of sp³-hybridized carbons (Fsp3) is 0.200. The molecule has 0 saturated heterocycles. The molecule has 19 heavy (non-hydrogen) atoms. The number of ether oxygens (including phenoxy) is 1. The smallest absolute Gasteiger partial charge is 0.198 e. The van der Waals surface area contributed by atoms with Crippen LogP contribution < -0.4 is 4.74 Å². The zero-order valence-corrected chi connectivity index (χ0v) is 11.5. The van der Waals surface area contributed by atoms with Crippen LogP contribution in [0.5, 0.6) is 5.75 Å². The van der Waals surface area contributed by atoms with Gasteiger partial charge in [0.25, 0.3) is 0 Å². The Balaban J connectivity index is 2.42. The molecule has 1 aromatic heterocycles. The van der Waals surface area contributed by atoms with Gasteiger partial charge >= 0.3 is 0 Å². The van der Waals surface area contributed by atoms with Crippen LogP contribution in [0.3, 0.4) is 0 Å². The third kappa shape index (κ3) is 2.51. The van der Waals surface area contributed by atoms with Gasteiger partial charge in [0.15, 0.2) is 5.78 Å². The van der Waals surface area contributed by atoms with Gasteiger partial charge in [0.1, 0.15) is 16.5 Å². The summed E-state index contributed by atoms with van der Waals surface area (Å²) in [4.78, 5) is 13.0. The van der Waals surface area contributed by atoms with E-state index in [0.717, 1.165) is 11.1 Å². The number of carbonyl (C=O) groups is 1. The summed E-state index contributed by atoms with van der Waals surface area (Å²) in [5, 5.41) is 11.1. The van der Waals surface area contributed by atoms with Crippen molar-refractivity contribution >= 4 is 17.1 Å². The maximum absolute atomic E-state index is 12.5. The summed E-state index contributed by atoms with van der Waals surface area (Å²) in [5.74, 6) is -0.457. The summed E-state index contributed by atoms with van der Waals surface area (Å²) >= 11 is 1.30. The Hall–Kier alpha value is -2.12. The lowest BCUT2D eigenvalue weighted by Crippen LogP contribution is -2.12. The first-order valence-corrected chi connectivity index (χ1v) is 6.67. The monoisotopic (exact) mass is 271 g/mol. The molecule has 0 bridgehead atoms. The van der Waals surface area contributed by atoms with Crippen LogP contribution in [-0.4, -0.2) is 12.9 Å². The Labute approximate surface area is 116 Å². The summed E-state index contributed by atoms with van der Waals surface area (Å²) < 4.78 is 5.15. The fourth-order valence-corrected chi connectivity index (χ4v) is 2.78. The number of hydrogen-bond acceptors (Lipinski definition) is 4. The van der Waals surface area contributed by atoms with Gasteiger partial charge in [-0.05, 0) is 29.5 Å². The molecule has 0 amide bonds. The van der Waals surface area contributed by atoms with Gasteiger partial charge in [0, 0.05) is 0 Å². The Bertz CT molecular complexity index is 640. The summed E-state index contributed by atoms with van der Waals surface area (Å²) in [5.41, 5.74) is 1.70. The molecule has 1 unspecified atom stereocenters. The number of nitriles is 1. The van der Waals surface area contributed by atoms with Gasteiger partial charge in [-0.15, -0.1) is 11.3 Å². The first-order chi connectivity index (χ1) is 9.19. The number of aryl methyl sites for hydroxylation is 1. The van der Waals surface area contributed by atoms with E-state index in [9.17, 15) is 10.1 Å². The number of benzene rings is 1. The molecule has 0 spiro atoms. The number of rotatable bonds is 4. The molecule has 2 aromatic rings. The van der Waals surface area contributed by atoms with E-state index in [4.69, 9.17) is 4.74 Å². The molecule has 1 aromatic carbocycles. The van der Waals surface area contributed by atoms with E-state index in [1.54, 1.807) is 11.4 Å². The minimum atomic E-state index is -0.784. The summed E-state index contributed by atoms with van der Waals surface area (Å²) in [6, 6.07) is 11.3. The van der Waals surface area contributed by atoms with Crippen LogP contribution in [0.2, 0.25) is 0 Å². The van der Waals surface area contributed by atoms with Gasteiger partial charge < -0.3 is 4.74 Å². The number of carbonyl (C=O) groups excluding carboxylic acids is 1. The molecule has 0 fully saturated rings. The quantitative estimate of drug-likeness (QED) is 0.799. The second-order valence-electron chi connectivity index (χ2n) is 4.10. The van der Waals surface area contributed by atoms with Crippen LogP contribution in [-0.2, 0) is 0 Å². The predicted molar refractivity (Wildman–Crippen MR) is 74.7 cm³/mol. The Morgan fingerprint density at radius 3 is 2.74 bits per heavy atom. The molecule has 0 saturated carbocycles. The van der Waals surface area contributed by atoms with Crippen molar-refractivity contribution in [2.75, 3.05) is 7.11 Å². The first-order valence-electron chi connectivity index (χ1n) is 5.80. The van der Waals surface area contributed by atoms with Crippen molar-refractivity contribution in [3.8, 4) is 11.8 Å². The molecule has 1 heterocycles. The SMILES string of the molecule is COc1ccsc1C(=O)C(C#N)c1ccccc1C. The number of methoxy groups -OCH3 is 1. The second kappa shape index (κ2) is 5.68. The van der Waals surface area contributed by atoms with E-state index in [0.29, 0.717) is 10.6 Å². The number of nitrogens with zero attached hydrogens (tertiary/aromatic N) is 1. The van der Waals surface area contributed by atoms with Crippen molar-refractivity contribution in [3.05, 3.63) is 51.7 Å². The van der Waals surface area contributed by atoms with E-state index in [2.05, 4.69) is 6.07 Å². The molecule has 2 rings (SSSR count). The average molecular weight is 271 g/mol. The lowest BCUT2D eigenvalue weighted by atomic mass is 9.91. The minimum Gasteiger partial charge on any atom is -0.495 e. The van der Waals surface area contributed by atoms with Gasteiger partial charge in [-0.1, -0.05) is 24.3 Å². The number of Topliss-reactive ketones (excluding diaryl/α,β-unsaturated/α-hetero) is 1. The molecule has 0 aliphatic heterocycles. The molecule has 1 atom stereocenters. The minimum absolute atomic E-state index is 0.205. The van der Waals surface area contributed by atoms with Gasteiger partial charge in [0.05, 0.1) is 13.2 Å². The van der Waals surface area contributed by atoms with Crippen LogP contribution in [0.1, 0.15) is 26.7 Å². The maximum Gasteiger partial charge on any atom is 0.198 e. The highest BCUT2D eigenvalue weighted by Gasteiger charge is 2.26. The first kappa shape index (κ1) is 13.3. The zero-order chi connectivity index (χ0) is 13.8. The molecule has 0 N–H and O–H groups in total. The Morgan fingerprint density at radius 1 is 1.37 bits per heavy atom. The third-order valence-corrected chi connectivity index (χ3v) is 3.87. The zero-order valence-electron chi connectivity index (χ0n) is 10.7. The molecule has 0 aliphatic rings. The lowest BCUT2D eigenvalue weighted by molar-refractivity contribution is 0.0980. The van der Waals surface area contributed by atoms with Crippen molar-refractivity contribution in [2.45, 2.75) is 12.8 Å². The van der Waals surface area contributed by atoms with E-state index in [1.807, 2.05) is 31.2 Å². The van der Waals surface area contributed by atoms with Crippen molar-refractivity contribution in [1.82, 2.24) is 0 Å². The highest BCUT2D eigenvalue weighted by Crippen LogP contribution is 2.31. The number of ketones is 1. The molecule has 0 radical (unpaired) electrons. The number of thiophene rings is 1. The molecule has 0 aliphatic carbocycles. The summed E-state index contributed by atoms with van der Waals surface area (Å²) in [6.45, 7) is 1.90. The molecular formula is C15H13NO2S. The maximum atomic E-state index is 12.5. The predicted octanol–water partition coefficient (Wildman–Crippen LogP) is 3.56. The van der Waals surface area contributed by atoms with Gasteiger partial charge in [-0.25, -0.2) is 0 Å². The van der Waals surface area contributed by atoms with Crippen LogP contribution in [0.15, 0.2) is 35.7 Å². The van der Waals surface area contributed by atoms with Crippen LogP contribution in [0, 0.1) is 18.3 Å². The van der Waals surface area contributed by atoms with Crippen LogP contribution in [0.25, 0.3) is 0 Å². The Morgan fingerprint density at radius 2 is 2.11 bits per heavy atom. The van der Waals surface area contributed by atoms with Crippen LogP contribution >= 0.6 is 11.3 Å². The largest absolute Gasteiger partial charge is 0.495 e. The van der Waals surface area contributed by atoms with E-state index < -0.39 is 5.92 Å². The van der Waals surface area contributed by atoms with Gasteiger partial charge in [-0.2, -0.15) is 5.26 Å². The van der Waals surface area contributed by atoms with Gasteiger partial charge in [0.2, 0.25) is 0 Å². The highest BCUT2D eigenvalue weighted by atomic mass is 32.1. The summed E-state index contributed by atoms with van der Waals surface area (Å²) in [6.07, 6.45) is 0. The van der Waals surface area contributed by atoms with Crippen molar-refractivity contribution in [3.63, 3.8) is 0 Å². The highest BCUT2D eigenvalue weighted by molar-refractivity contribution is 7.12. The topological polar surface area (TPSA) is 50.1 Å². The Kier molecular flexibility index (Phi) is 3.98. The van der Waals surface area contributed by atoms with E-state index >= 15 is 0 Å². The van der Waals surface area contributed by atoms with Crippen molar-refractivity contribution < 1.29 is 9.53 Å². The molecular weight excluding hydrogens is 258 g/mol. The lowest BCUT2D eigenvalue weighted by Gasteiger charge is -2.11.